The maximum absolute atomic E-state index is 12.9. The first kappa shape index (κ1) is 23.2. The number of nitrogens with one attached hydrogen (secondary N) is 1. The standard InChI is InChI=1S/C24H24ClN3O4/c1-14-26-20(18-9-8-17(25)11-19(18)27-23(32)24(2,3)4)12-21(29)28(14)13-15-6-5-7-16(10-15)22(30)31/h5-12H,13H2,1-4H3,(H,27,32)(H,30,31). The average molecular weight is 454 g/mol. The van der Waals surface area contributed by atoms with Crippen LogP contribution < -0.4 is 10.9 Å². The van der Waals surface area contributed by atoms with Crippen LogP contribution in [-0.2, 0) is 11.3 Å². The number of aromatic carboxylic acids is 1. The summed E-state index contributed by atoms with van der Waals surface area (Å²) in [4.78, 5) is 41.2. The minimum Gasteiger partial charge on any atom is -0.478 e. The van der Waals surface area contributed by atoms with Crippen LogP contribution in [0.2, 0.25) is 5.02 Å². The van der Waals surface area contributed by atoms with E-state index in [0.717, 1.165) is 0 Å². The number of amides is 1. The molecule has 0 aliphatic heterocycles. The Balaban J connectivity index is 2.00. The molecule has 166 valence electrons. The third kappa shape index (κ3) is 5.23. The second kappa shape index (κ2) is 8.96. The summed E-state index contributed by atoms with van der Waals surface area (Å²) in [6.07, 6.45) is 0. The van der Waals surface area contributed by atoms with Crippen LogP contribution in [0.5, 0.6) is 0 Å². The lowest BCUT2D eigenvalue weighted by atomic mass is 9.95. The van der Waals surface area contributed by atoms with Gasteiger partial charge in [0.15, 0.2) is 0 Å². The molecule has 8 heteroatoms. The maximum Gasteiger partial charge on any atom is 0.335 e. The van der Waals surface area contributed by atoms with Gasteiger partial charge in [-0.2, -0.15) is 0 Å². The third-order valence-corrected chi connectivity index (χ3v) is 5.14. The summed E-state index contributed by atoms with van der Waals surface area (Å²) in [6, 6.07) is 12.8. The molecule has 0 saturated carbocycles. The highest BCUT2D eigenvalue weighted by molar-refractivity contribution is 6.31. The van der Waals surface area contributed by atoms with Crippen LogP contribution in [0.3, 0.4) is 0 Å². The van der Waals surface area contributed by atoms with Gasteiger partial charge >= 0.3 is 5.97 Å². The quantitative estimate of drug-likeness (QED) is 0.587. The first-order valence-electron chi connectivity index (χ1n) is 9.98. The van der Waals surface area contributed by atoms with Gasteiger partial charge in [0.25, 0.3) is 5.56 Å². The molecule has 2 N–H and O–H groups in total. The van der Waals surface area contributed by atoms with Crippen LogP contribution >= 0.6 is 11.6 Å². The number of carboxylic acids is 1. The Bertz CT molecular complexity index is 1260. The number of carbonyl (C=O) groups is 2. The van der Waals surface area contributed by atoms with Crippen molar-refractivity contribution in [2.24, 2.45) is 5.41 Å². The maximum atomic E-state index is 12.9. The van der Waals surface area contributed by atoms with E-state index in [2.05, 4.69) is 10.3 Å². The molecule has 0 aliphatic carbocycles. The number of halogens is 1. The fraction of sp³-hybridized carbons (Fsp3) is 0.250. The number of hydrogen-bond donors (Lipinski definition) is 2. The number of aromatic nitrogens is 2. The summed E-state index contributed by atoms with van der Waals surface area (Å²) in [5, 5.41) is 12.5. The molecule has 2 aromatic carbocycles. The normalized spacial score (nSPS) is 11.3. The molecule has 1 amide bonds. The molecule has 3 aromatic rings. The van der Waals surface area contributed by atoms with E-state index in [1.807, 2.05) is 0 Å². The highest BCUT2D eigenvalue weighted by Crippen LogP contribution is 2.30. The van der Waals surface area contributed by atoms with E-state index in [9.17, 15) is 19.5 Å². The number of aryl methyl sites for hydroxylation is 1. The van der Waals surface area contributed by atoms with Gasteiger partial charge in [0.1, 0.15) is 5.82 Å². The summed E-state index contributed by atoms with van der Waals surface area (Å²) < 4.78 is 1.47. The van der Waals surface area contributed by atoms with Crippen LogP contribution in [0.4, 0.5) is 5.69 Å². The molecule has 1 heterocycles. The lowest BCUT2D eigenvalue weighted by Crippen LogP contribution is -2.28. The van der Waals surface area contributed by atoms with Gasteiger partial charge in [-0.1, -0.05) is 44.5 Å². The number of nitrogens with zero attached hydrogens (tertiary/aromatic N) is 2. The molecule has 3 rings (SSSR count). The molecule has 1 aromatic heterocycles. The second-order valence-corrected chi connectivity index (χ2v) is 8.95. The van der Waals surface area contributed by atoms with Crippen LogP contribution in [0.15, 0.2) is 53.3 Å². The minimum atomic E-state index is -1.03. The van der Waals surface area contributed by atoms with Crippen molar-refractivity contribution < 1.29 is 14.7 Å². The van der Waals surface area contributed by atoms with Crippen molar-refractivity contribution in [2.45, 2.75) is 34.2 Å². The molecule has 0 atom stereocenters. The van der Waals surface area contributed by atoms with Gasteiger partial charge in [-0.25, -0.2) is 9.78 Å². The molecule has 0 radical (unpaired) electrons. The van der Waals surface area contributed by atoms with Gasteiger partial charge < -0.3 is 10.4 Å². The summed E-state index contributed by atoms with van der Waals surface area (Å²) in [6.45, 7) is 7.29. The molecule has 0 spiro atoms. The molecule has 0 saturated heterocycles. The SMILES string of the molecule is Cc1nc(-c2ccc(Cl)cc2NC(=O)C(C)(C)C)cc(=O)n1Cc1cccc(C(=O)O)c1. The highest BCUT2D eigenvalue weighted by Gasteiger charge is 2.23. The third-order valence-electron chi connectivity index (χ3n) is 4.90. The van der Waals surface area contributed by atoms with Gasteiger partial charge in [-0.3, -0.25) is 14.2 Å². The molecular formula is C24H24ClN3O4. The summed E-state index contributed by atoms with van der Waals surface area (Å²) in [5.41, 5.74) is 1.37. The topological polar surface area (TPSA) is 101 Å². The predicted molar refractivity (Wildman–Crippen MR) is 124 cm³/mol. The minimum absolute atomic E-state index is 0.151. The van der Waals surface area contributed by atoms with E-state index in [4.69, 9.17) is 11.6 Å². The first-order chi connectivity index (χ1) is 15.0. The Morgan fingerprint density at radius 1 is 1.12 bits per heavy atom. The summed E-state index contributed by atoms with van der Waals surface area (Å²) >= 11 is 6.14. The zero-order chi connectivity index (χ0) is 23.6. The highest BCUT2D eigenvalue weighted by atomic mass is 35.5. The van der Waals surface area contributed by atoms with Crippen LogP contribution in [-0.4, -0.2) is 26.5 Å². The zero-order valence-corrected chi connectivity index (χ0v) is 19.0. The molecule has 0 bridgehead atoms. The molecule has 7 nitrogen and oxygen atoms in total. The van der Waals surface area contributed by atoms with Crippen molar-refractivity contribution >= 4 is 29.2 Å². The largest absolute Gasteiger partial charge is 0.478 e. The van der Waals surface area contributed by atoms with E-state index in [1.54, 1.807) is 58.0 Å². The second-order valence-electron chi connectivity index (χ2n) is 8.51. The van der Waals surface area contributed by atoms with Gasteiger partial charge in [-0.05, 0) is 42.8 Å². The van der Waals surface area contributed by atoms with Gasteiger partial charge in [0, 0.05) is 22.1 Å². The predicted octanol–water partition coefficient (Wildman–Crippen LogP) is 4.60. The fourth-order valence-electron chi connectivity index (χ4n) is 3.09. The van der Waals surface area contributed by atoms with E-state index < -0.39 is 11.4 Å². The van der Waals surface area contributed by atoms with E-state index in [0.29, 0.717) is 33.4 Å². The van der Waals surface area contributed by atoms with E-state index >= 15 is 0 Å². The Morgan fingerprint density at radius 3 is 2.47 bits per heavy atom. The monoisotopic (exact) mass is 453 g/mol. The molecule has 0 fully saturated rings. The van der Waals surface area contributed by atoms with Crippen molar-refractivity contribution in [1.82, 2.24) is 9.55 Å². The number of anilines is 1. The lowest BCUT2D eigenvalue weighted by Gasteiger charge is -2.20. The Morgan fingerprint density at radius 2 is 1.84 bits per heavy atom. The Kier molecular flexibility index (Phi) is 6.50. The van der Waals surface area contributed by atoms with Crippen molar-refractivity contribution in [3.63, 3.8) is 0 Å². The van der Waals surface area contributed by atoms with Gasteiger partial charge in [0.05, 0.1) is 23.5 Å². The van der Waals surface area contributed by atoms with Crippen molar-refractivity contribution in [3.05, 3.63) is 80.9 Å². The van der Waals surface area contributed by atoms with Crippen LogP contribution in [0.25, 0.3) is 11.3 Å². The number of rotatable bonds is 5. The number of benzene rings is 2. The van der Waals surface area contributed by atoms with Crippen LogP contribution in [0, 0.1) is 12.3 Å². The number of carboxylic acid groups (broad SMARTS) is 1. The Hall–Kier alpha value is -3.45. The van der Waals surface area contributed by atoms with Crippen molar-refractivity contribution in [1.29, 1.82) is 0 Å². The first-order valence-corrected chi connectivity index (χ1v) is 10.4. The number of carbonyl (C=O) groups excluding carboxylic acids is 1. The fourth-order valence-corrected chi connectivity index (χ4v) is 3.26. The molecule has 0 aliphatic rings. The molecular weight excluding hydrogens is 430 g/mol. The van der Waals surface area contributed by atoms with Gasteiger partial charge in [-0.15, -0.1) is 0 Å². The van der Waals surface area contributed by atoms with Crippen LogP contribution in [0.1, 0.15) is 42.5 Å². The van der Waals surface area contributed by atoms with E-state index in [-0.39, 0.29) is 23.6 Å². The van der Waals surface area contributed by atoms with E-state index in [1.165, 1.54) is 22.8 Å². The number of hydrogen-bond acceptors (Lipinski definition) is 4. The van der Waals surface area contributed by atoms with Crippen molar-refractivity contribution in [2.75, 3.05) is 5.32 Å². The summed E-state index contributed by atoms with van der Waals surface area (Å²) in [5.74, 6) is -0.766. The van der Waals surface area contributed by atoms with Gasteiger partial charge in [0.2, 0.25) is 5.91 Å². The Labute approximate surface area is 190 Å². The van der Waals surface area contributed by atoms with Crippen molar-refractivity contribution in [3.8, 4) is 11.3 Å². The average Bonchev–Trinajstić information content (AvgIpc) is 2.70. The molecule has 32 heavy (non-hydrogen) atoms. The summed E-state index contributed by atoms with van der Waals surface area (Å²) in [7, 11) is 0. The molecule has 0 unspecified atom stereocenters. The zero-order valence-electron chi connectivity index (χ0n) is 18.3. The smallest absolute Gasteiger partial charge is 0.335 e. The lowest BCUT2D eigenvalue weighted by molar-refractivity contribution is -0.123.